The summed E-state index contributed by atoms with van der Waals surface area (Å²) < 4.78 is 14.2. The van der Waals surface area contributed by atoms with Crippen molar-refractivity contribution < 1.29 is 4.39 Å². The first-order valence-electron chi connectivity index (χ1n) is 6.22. The highest BCUT2D eigenvalue weighted by Gasteiger charge is 2.11. The number of thiocarbonyl (C=S) groups is 1. The van der Waals surface area contributed by atoms with Crippen molar-refractivity contribution in [3.63, 3.8) is 0 Å². The standard InChI is InChI=1S/C15H16FN3S/c1-19(9-11-5-7-18-8-6-11)10-12-3-2-4-13(14(12)16)15(17)20/h2-8H,9-10H2,1H3,(H2,17,20). The fourth-order valence-corrected chi connectivity index (χ4v) is 2.20. The third kappa shape index (κ3) is 3.59. The molecule has 0 amide bonds. The van der Waals surface area contributed by atoms with Crippen molar-refractivity contribution in [3.8, 4) is 0 Å². The van der Waals surface area contributed by atoms with E-state index in [0.29, 0.717) is 17.7 Å². The number of pyridine rings is 1. The molecule has 0 aliphatic rings. The van der Waals surface area contributed by atoms with Gasteiger partial charge in [-0.05, 0) is 30.8 Å². The van der Waals surface area contributed by atoms with Crippen molar-refractivity contribution in [1.82, 2.24) is 9.88 Å². The molecule has 1 aromatic carbocycles. The van der Waals surface area contributed by atoms with Gasteiger partial charge in [0.05, 0.1) is 0 Å². The van der Waals surface area contributed by atoms with Gasteiger partial charge in [0.25, 0.3) is 0 Å². The lowest BCUT2D eigenvalue weighted by Gasteiger charge is -2.18. The second-order valence-electron chi connectivity index (χ2n) is 4.67. The molecule has 0 aliphatic carbocycles. The molecule has 0 radical (unpaired) electrons. The van der Waals surface area contributed by atoms with Crippen LogP contribution in [0.1, 0.15) is 16.7 Å². The average molecular weight is 289 g/mol. The molecule has 2 rings (SSSR count). The van der Waals surface area contributed by atoms with Gasteiger partial charge in [-0.2, -0.15) is 0 Å². The molecule has 0 aliphatic heterocycles. The molecule has 1 aromatic heterocycles. The third-order valence-corrected chi connectivity index (χ3v) is 3.21. The molecule has 0 saturated heterocycles. The van der Waals surface area contributed by atoms with Gasteiger partial charge in [-0.15, -0.1) is 0 Å². The van der Waals surface area contributed by atoms with E-state index >= 15 is 0 Å². The number of hydrogen-bond donors (Lipinski definition) is 1. The van der Waals surface area contributed by atoms with Crippen LogP contribution in [0, 0.1) is 5.82 Å². The van der Waals surface area contributed by atoms with Crippen LogP contribution in [0.15, 0.2) is 42.7 Å². The minimum atomic E-state index is -0.332. The largest absolute Gasteiger partial charge is 0.389 e. The highest BCUT2D eigenvalue weighted by molar-refractivity contribution is 7.80. The lowest BCUT2D eigenvalue weighted by molar-refractivity contribution is 0.313. The minimum Gasteiger partial charge on any atom is -0.389 e. The van der Waals surface area contributed by atoms with Gasteiger partial charge in [-0.1, -0.05) is 24.4 Å². The maximum absolute atomic E-state index is 14.2. The van der Waals surface area contributed by atoms with E-state index in [4.69, 9.17) is 18.0 Å². The summed E-state index contributed by atoms with van der Waals surface area (Å²) in [4.78, 5) is 6.08. The van der Waals surface area contributed by atoms with Crippen LogP contribution in [-0.2, 0) is 13.1 Å². The Morgan fingerprint density at radius 1 is 1.25 bits per heavy atom. The predicted octanol–water partition coefficient (Wildman–Crippen LogP) is 2.49. The fourth-order valence-electron chi connectivity index (χ4n) is 2.04. The van der Waals surface area contributed by atoms with Crippen LogP contribution in [0.4, 0.5) is 4.39 Å². The first-order valence-corrected chi connectivity index (χ1v) is 6.63. The van der Waals surface area contributed by atoms with E-state index in [1.807, 2.05) is 24.1 Å². The monoisotopic (exact) mass is 289 g/mol. The lowest BCUT2D eigenvalue weighted by Crippen LogP contribution is -2.19. The quantitative estimate of drug-likeness (QED) is 0.859. The Morgan fingerprint density at radius 2 is 1.95 bits per heavy atom. The van der Waals surface area contributed by atoms with Gasteiger partial charge in [0.1, 0.15) is 10.8 Å². The summed E-state index contributed by atoms with van der Waals surface area (Å²) in [7, 11) is 1.94. The Labute approximate surface area is 123 Å². The highest BCUT2D eigenvalue weighted by atomic mass is 32.1. The van der Waals surface area contributed by atoms with Crippen molar-refractivity contribution in [3.05, 3.63) is 65.2 Å². The normalized spacial score (nSPS) is 10.8. The van der Waals surface area contributed by atoms with E-state index in [-0.39, 0.29) is 10.8 Å². The van der Waals surface area contributed by atoms with E-state index < -0.39 is 0 Å². The SMILES string of the molecule is CN(Cc1ccncc1)Cc1cccc(C(N)=S)c1F. The number of nitrogens with two attached hydrogens (primary N) is 1. The van der Waals surface area contributed by atoms with Crippen molar-refractivity contribution in [1.29, 1.82) is 0 Å². The molecule has 2 aromatic rings. The van der Waals surface area contributed by atoms with E-state index in [1.165, 1.54) is 0 Å². The zero-order valence-electron chi connectivity index (χ0n) is 11.2. The molecule has 0 spiro atoms. The number of rotatable bonds is 5. The number of nitrogens with zero attached hydrogens (tertiary/aromatic N) is 2. The zero-order valence-corrected chi connectivity index (χ0v) is 12.0. The number of halogens is 1. The van der Waals surface area contributed by atoms with Gasteiger partial charge in [0.2, 0.25) is 0 Å². The molecule has 20 heavy (non-hydrogen) atoms. The zero-order chi connectivity index (χ0) is 14.5. The van der Waals surface area contributed by atoms with Gasteiger partial charge >= 0.3 is 0 Å². The summed E-state index contributed by atoms with van der Waals surface area (Å²) >= 11 is 4.84. The van der Waals surface area contributed by atoms with Gasteiger partial charge in [-0.3, -0.25) is 9.88 Å². The molecule has 5 heteroatoms. The second kappa shape index (κ2) is 6.54. The van der Waals surface area contributed by atoms with E-state index in [1.54, 1.807) is 30.6 Å². The van der Waals surface area contributed by atoms with E-state index in [2.05, 4.69) is 4.98 Å². The number of aromatic nitrogens is 1. The van der Waals surface area contributed by atoms with Crippen LogP contribution in [0.25, 0.3) is 0 Å². The van der Waals surface area contributed by atoms with E-state index in [9.17, 15) is 4.39 Å². The molecule has 0 fully saturated rings. The summed E-state index contributed by atoms with van der Waals surface area (Å²) in [5.74, 6) is -0.332. The van der Waals surface area contributed by atoms with Crippen molar-refractivity contribution in [2.45, 2.75) is 13.1 Å². The molecule has 0 saturated carbocycles. The fraction of sp³-hybridized carbons (Fsp3) is 0.200. The topological polar surface area (TPSA) is 42.2 Å². The lowest BCUT2D eigenvalue weighted by atomic mass is 10.1. The van der Waals surface area contributed by atoms with Crippen LogP contribution in [-0.4, -0.2) is 21.9 Å². The smallest absolute Gasteiger partial charge is 0.137 e. The predicted molar refractivity (Wildman–Crippen MR) is 81.7 cm³/mol. The van der Waals surface area contributed by atoms with Crippen LogP contribution < -0.4 is 5.73 Å². The summed E-state index contributed by atoms with van der Waals surface area (Å²) in [6.07, 6.45) is 3.49. The molecule has 104 valence electrons. The maximum atomic E-state index is 14.2. The number of hydrogen-bond acceptors (Lipinski definition) is 3. The van der Waals surface area contributed by atoms with Gasteiger partial charge in [0, 0.05) is 36.6 Å². The first kappa shape index (κ1) is 14.6. The summed E-state index contributed by atoms with van der Waals surface area (Å²) in [5.41, 5.74) is 7.53. The molecule has 2 N–H and O–H groups in total. The molecular formula is C15H16FN3S. The van der Waals surface area contributed by atoms with Crippen molar-refractivity contribution in [2.24, 2.45) is 5.73 Å². The Hall–Kier alpha value is -1.85. The Kier molecular flexibility index (Phi) is 4.76. The molecule has 1 heterocycles. The van der Waals surface area contributed by atoms with Crippen LogP contribution in [0.2, 0.25) is 0 Å². The molecule has 0 unspecified atom stereocenters. The highest BCUT2D eigenvalue weighted by Crippen LogP contribution is 2.15. The second-order valence-corrected chi connectivity index (χ2v) is 5.11. The van der Waals surface area contributed by atoms with E-state index in [0.717, 1.165) is 12.1 Å². The van der Waals surface area contributed by atoms with Crippen LogP contribution in [0.5, 0.6) is 0 Å². The average Bonchev–Trinajstić information content (AvgIpc) is 2.42. The van der Waals surface area contributed by atoms with Crippen LogP contribution in [0.3, 0.4) is 0 Å². The minimum absolute atomic E-state index is 0.0844. The van der Waals surface area contributed by atoms with Gasteiger partial charge in [0.15, 0.2) is 0 Å². The Balaban J connectivity index is 2.10. The molecule has 0 atom stereocenters. The van der Waals surface area contributed by atoms with Crippen LogP contribution >= 0.6 is 12.2 Å². The Bertz CT molecular complexity index is 601. The van der Waals surface area contributed by atoms with Crippen molar-refractivity contribution >= 4 is 17.2 Å². The van der Waals surface area contributed by atoms with Gasteiger partial charge < -0.3 is 5.73 Å². The summed E-state index contributed by atoms with van der Waals surface area (Å²) in [5, 5.41) is 0. The summed E-state index contributed by atoms with van der Waals surface area (Å²) in [6.45, 7) is 1.21. The van der Waals surface area contributed by atoms with Gasteiger partial charge in [-0.25, -0.2) is 4.39 Å². The maximum Gasteiger partial charge on any atom is 0.137 e. The molecule has 0 bridgehead atoms. The molecular weight excluding hydrogens is 273 g/mol. The number of benzene rings is 1. The molecule has 3 nitrogen and oxygen atoms in total. The third-order valence-electron chi connectivity index (χ3n) is 2.99. The van der Waals surface area contributed by atoms with Crippen molar-refractivity contribution in [2.75, 3.05) is 7.05 Å². The first-order chi connectivity index (χ1) is 9.58. The summed E-state index contributed by atoms with van der Waals surface area (Å²) in [6, 6.07) is 9.01. The Morgan fingerprint density at radius 3 is 2.60 bits per heavy atom.